The Labute approximate surface area is 106 Å². The number of pyridine rings is 1. The zero-order chi connectivity index (χ0) is 11.6. The molecule has 1 heterocycles. The topological polar surface area (TPSA) is 37.0 Å². The van der Waals surface area contributed by atoms with Crippen LogP contribution in [0, 0.1) is 0 Å². The van der Waals surface area contributed by atoms with Crippen LogP contribution in [0.1, 0.15) is 25.3 Å². The summed E-state index contributed by atoms with van der Waals surface area (Å²) in [6.45, 7) is 6.34. The number of rotatable bonds is 8. The van der Waals surface area contributed by atoms with Crippen LogP contribution in [0.25, 0.3) is 0 Å². The highest BCUT2D eigenvalue weighted by atomic mass is 79.9. The SMILES string of the molecule is CCCNCCCNCc1cncc(Br)c1. The molecule has 0 atom stereocenters. The largest absolute Gasteiger partial charge is 0.317 e. The average molecular weight is 286 g/mol. The van der Waals surface area contributed by atoms with Crippen molar-refractivity contribution < 1.29 is 0 Å². The van der Waals surface area contributed by atoms with Gasteiger partial charge in [-0.2, -0.15) is 0 Å². The van der Waals surface area contributed by atoms with Crippen LogP contribution in [0.4, 0.5) is 0 Å². The average Bonchev–Trinajstić information content (AvgIpc) is 2.28. The fourth-order valence-corrected chi connectivity index (χ4v) is 1.84. The van der Waals surface area contributed by atoms with E-state index < -0.39 is 0 Å². The van der Waals surface area contributed by atoms with Crippen molar-refractivity contribution in [2.45, 2.75) is 26.3 Å². The van der Waals surface area contributed by atoms with Crippen LogP contribution in [0.2, 0.25) is 0 Å². The first-order valence-corrected chi connectivity index (χ1v) is 6.63. The van der Waals surface area contributed by atoms with E-state index in [1.165, 1.54) is 18.4 Å². The lowest BCUT2D eigenvalue weighted by molar-refractivity contribution is 0.592. The molecule has 90 valence electrons. The second kappa shape index (κ2) is 8.67. The Bertz CT molecular complexity index is 291. The second-order valence-corrected chi connectivity index (χ2v) is 4.71. The van der Waals surface area contributed by atoms with Gasteiger partial charge < -0.3 is 10.6 Å². The van der Waals surface area contributed by atoms with E-state index in [0.717, 1.165) is 30.7 Å². The second-order valence-electron chi connectivity index (χ2n) is 3.79. The molecule has 0 radical (unpaired) electrons. The van der Waals surface area contributed by atoms with E-state index in [2.05, 4.69) is 44.5 Å². The van der Waals surface area contributed by atoms with Gasteiger partial charge >= 0.3 is 0 Å². The number of nitrogens with zero attached hydrogens (tertiary/aromatic N) is 1. The number of hydrogen-bond donors (Lipinski definition) is 2. The van der Waals surface area contributed by atoms with Crippen LogP contribution < -0.4 is 10.6 Å². The highest BCUT2D eigenvalue weighted by Gasteiger charge is 1.94. The van der Waals surface area contributed by atoms with Gasteiger partial charge in [-0.05, 0) is 60.0 Å². The minimum Gasteiger partial charge on any atom is -0.317 e. The Hall–Kier alpha value is -0.450. The molecule has 1 rings (SSSR count). The molecular weight excluding hydrogens is 266 g/mol. The fourth-order valence-electron chi connectivity index (χ4n) is 1.43. The van der Waals surface area contributed by atoms with E-state index >= 15 is 0 Å². The van der Waals surface area contributed by atoms with Crippen molar-refractivity contribution >= 4 is 15.9 Å². The lowest BCUT2D eigenvalue weighted by Gasteiger charge is -2.05. The van der Waals surface area contributed by atoms with Gasteiger partial charge in [0.1, 0.15) is 0 Å². The summed E-state index contributed by atoms with van der Waals surface area (Å²) in [6.07, 6.45) is 6.07. The van der Waals surface area contributed by atoms with Gasteiger partial charge in [0, 0.05) is 23.4 Å². The van der Waals surface area contributed by atoms with Crippen LogP contribution in [0.3, 0.4) is 0 Å². The molecular formula is C12H20BrN3. The molecule has 0 aliphatic carbocycles. The fraction of sp³-hybridized carbons (Fsp3) is 0.583. The van der Waals surface area contributed by atoms with Crippen molar-refractivity contribution in [3.8, 4) is 0 Å². The van der Waals surface area contributed by atoms with Crippen molar-refractivity contribution in [3.63, 3.8) is 0 Å². The molecule has 0 bridgehead atoms. The van der Waals surface area contributed by atoms with Gasteiger partial charge in [-0.1, -0.05) is 6.92 Å². The quantitative estimate of drug-likeness (QED) is 0.720. The van der Waals surface area contributed by atoms with E-state index in [-0.39, 0.29) is 0 Å². The summed E-state index contributed by atoms with van der Waals surface area (Å²) >= 11 is 3.41. The minimum atomic E-state index is 0.889. The highest BCUT2D eigenvalue weighted by Crippen LogP contribution is 2.08. The summed E-state index contributed by atoms with van der Waals surface area (Å²) < 4.78 is 1.04. The lowest BCUT2D eigenvalue weighted by Crippen LogP contribution is -2.22. The molecule has 1 aromatic rings. The van der Waals surface area contributed by atoms with Crippen LogP contribution >= 0.6 is 15.9 Å². The first-order chi connectivity index (χ1) is 7.83. The van der Waals surface area contributed by atoms with Crippen LogP contribution in [0.5, 0.6) is 0 Å². The van der Waals surface area contributed by atoms with Crippen LogP contribution in [-0.4, -0.2) is 24.6 Å². The third-order valence-corrected chi connectivity index (χ3v) is 2.66. The van der Waals surface area contributed by atoms with Gasteiger partial charge in [0.15, 0.2) is 0 Å². The summed E-state index contributed by atoms with van der Waals surface area (Å²) in [4.78, 5) is 4.12. The monoisotopic (exact) mass is 285 g/mol. The summed E-state index contributed by atoms with van der Waals surface area (Å²) in [6, 6.07) is 2.09. The van der Waals surface area contributed by atoms with Crippen molar-refractivity contribution in [1.29, 1.82) is 0 Å². The third-order valence-electron chi connectivity index (χ3n) is 2.22. The Morgan fingerprint density at radius 1 is 1.19 bits per heavy atom. The Morgan fingerprint density at radius 2 is 2.00 bits per heavy atom. The molecule has 1 aromatic heterocycles. The molecule has 0 spiro atoms. The molecule has 0 aliphatic heterocycles. The first-order valence-electron chi connectivity index (χ1n) is 5.83. The summed E-state index contributed by atoms with van der Waals surface area (Å²) in [5.41, 5.74) is 1.22. The van der Waals surface area contributed by atoms with Crippen LogP contribution in [-0.2, 0) is 6.54 Å². The molecule has 16 heavy (non-hydrogen) atoms. The van der Waals surface area contributed by atoms with E-state index in [9.17, 15) is 0 Å². The van der Waals surface area contributed by atoms with E-state index in [1.807, 2.05) is 6.20 Å². The van der Waals surface area contributed by atoms with Crippen molar-refractivity contribution in [1.82, 2.24) is 15.6 Å². The van der Waals surface area contributed by atoms with Crippen molar-refractivity contribution in [2.75, 3.05) is 19.6 Å². The molecule has 0 aromatic carbocycles. The van der Waals surface area contributed by atoms with Crippen molar-refractivity contribution in [3.05, 3.63) is 28.5 Å². The smallest absolute Gasteiger partial charge is 0.0410 e. The van der Waals surface area contributed by atoms with E-state index in [1.54, 1.807) is 6.20 Å². The van der Waals surface area contributed by atoms with Gasteiger partial charge in [-0.3, -0.25) is 4.98 Å². The van der Waals surface area contributed by atoms with Gasteiger partial charge in [-0.25, -0.2) is 0 Å². The van der Waals surface area contributed by atoms with E-state index in [4.69, 9.17) is 0 Å². The highest BCUT2D eigenvalue weighted by molar-refractivity contribution is 9.10. The summed E-state index contributed by atoms with van der Waals surface area (Å²) in [7, 11) is 0. The maximum absolute atomic E-state index is 4.12. The first kappa shape index (κ1) is 13.6. The predicted molar refractivity (Wildman–Crippen MR) is 71.4 cm³/mol. The molecule has 4 heteroatoms. The molecule has 0 amide bonds. The molecule has 0 unspecified atom stereocenters. The number of halogens is 1. The standard InChI is InChI=1S/C12H20BrN3/c1-2-4-14-5-3-6-15-8-11-7-12(13)10-16-9-11/h7,9-10,14-15H,2-6,8H2,1H3. The van der Waals surface area contributed by atoms with Gasteiger partial charge in [0.2, 0.25) is 0 Å². The molecule has 0 saturated heterocycles. The Morgan fingerprint density at radius 3 is 2.75 bits per heavy atom. The van der Waals surface area contributed by atoms with E-state index in [0.29, 0.717) is 0 Å². The van der Waals surface area contributed by atoms with Crippen LogP contribution in [0.15, 0.2) is 22.9 Å². The zero-order valence-corrected chi connectivity index (χ0v) is 11.4. The maximum atomic E-state index is 4.12. The Balaban J connectivity index is 2.03. The third kappa shape index (κ3) is 6.20. The molecule has 0 aliphatic rings. The zero-order valence-electron chi connectivity index (χ0n) is 9.80. The lowest BCUT2D eigenvalue weighted by atomic mass is 10.3. The molecule has 0 fully saturated rings. The summed E-state index contributed by atoms with van der Waals surface area (Å²) in [5, 5.41) is 6.79. The molecule has 0 saturated carbocycles. The van der Waals surface area contributed by atoms with Crippen molar-refractivity contribution in [2.24, 2.45) is 0 Å². The predicted octanol–water partition coefficient (Wildman–Crippen LogP) is 2.32. The normalized spacial score (nSPS) is 10.6. The minimum absolute atomic E-state index is 0.889. The maximum Gasteiger partial charge on any atom is 0.0410 e. The number of nitrogens with one attached hydrogen (secondary N) is 2. The molecule has 3 nitrogen and oxygen atoms in total. The number of aromatic nitrogens is 1. The molecule has 2 N–H and O–H groups in total. The summed E-state index contributed by atoms with van der Waals surface area (Å²) in [5.74, 6) is 0. The Kier molecular flexibility index (Phi) is 7.38. The number of hydrogen-bond acceptors (Lipinski definition) is 3. The van der Waals surface area contributed by atoms with Gasteiger partial charge in [0.05, 0.1) is 0 Å². The van der Waals surface area contributed by atoms with Gasteiger partial charge in [-0.15, -0.1) is 0 Å². The van der Waals surface area contributed by atoms with Gasteiger partial charge in [0.25, 0.3) is 0 Å².